The number of aromatic nitrogens is 1. The number of piperazine rings is 1. The van der Waals surface area contributed by atoms with Crippen molar-refractivity contribution in [1.29, 1.82) is 0 Å². The van der Waals surface area contributed by atoms with Crippen LogP contribution >= 0.6 is 0 Å². The molecule has 4 aromatic rings. The summed E-state index contributed by atoms with van der Waals surface area (Å²) in [4.78, 5) is 33.0. The number of nitrogens with zero attached hydrogens (tertiary/aromatic N) is 2. The highest BCUT2D eigenvalue weighted by Gasteiger charge is 2.58. The summed E-state index contributed by atoms with van der Waals surface area (Å²) < 4.78 is 6.18. The van der Waals surface area contributed by atoms with E-state index in [1.54, 1.807) is 9.80 Å². The Labute approximate surface area is 196 Å². The lowest BCUT2D eigenvalue weighted by Crippen LogP contribution is -2.59. The number of urea groups is 1. The van der Waals surface area contributed by atoms with E-state index < -0.39 is 5.60 Å². The maximum absolute atomic E-state index is 13.3. The third kappa shape index (κ3) is 3.20. The number of nitrogens with one attached hydrogen (secondary N) is 2. The van der Waals surface area contributed by atoms with Crippen LogP contribution in [0, 0.1) is 0 Å². The molecular formula is C27H24N4O3. The van der Waals surface area contributed by atoms with Gasteiger partial charge in [0.25, 0.3) is 0 Å². The van der Waals surface area contributed by atoms with Gasteiger partial charge in [-0.15, -0.1) is 0 Å². The predicted molar refractivity (Wildman–Crippen MR) is 130 cm³/mol. The molecule has 0 spiro atoms. The molecule has 1 aromatic heterocycles. The number of amides is 3. The summed E-state index contributed by atoms with van der Waals surface area (Å²) in [5.74, 6) is 0. The zero-order valence-corrected chi connectivity index (χ0v) is 18.5. The normalized spacial score (nSPS) is 19.1. The van der Waals surface area contributed by atoms with E-state index in [-0.39, 0.29) is 18.2 Å². The van der Waals surface area contributed by atoms with E-state index in [4.69, 9.17) is 4.74 Å². The molecule has 0 radical (unpaired) electrons. The molecule has 34 heavy (non-hydrogen) atoms. The molecule has 7 heteroatoms. The van der Waals surface area contributed by atoms with Gasteiger partial charge in [-0.1, -0.05) is 66.7 Å². The Morgan fingerprint density at radius 3 is 2.35 bits per heavy atom. The minimum atomic E-state index is -0.998. The first-order valence-electron chi connectivity index (χ1n) is 11.4. The van der Waals surface area contributed by atoms with Crippen LogP contribution in [0.15, 0.2) is 91.1 Å². The molecule has 3 amide bonds. The van der Waals surface area contributed by atoms with Gasteiger partial charge in [0.15, 0.2) is 5.60 Å². The zero-order chi connectivity index (χ0) is 23.1. The molecule has 3 aromatic carbocycles. The third-order valence-electron chi connectivity index (χ3n) is 6.83. The van der Waals surface area contributed by atoms with Crippen molar-refractivity contribution in [3.8, 4) is 0 Å². The minimum absolute atomic E-state index is 0.195. The first-order valence-corrected chi connectivity index (χ1v) is 11.4. The highest BCUT2D eigenvalue weighted by atomic mass is 16.6. The third-order valence-corrected chi connectivity index (χ3v) is 6.83. The predicted octanol–water partition coefficient (Wildman–Crippen LogP) is 4.78. The number of benzene rings is 3. The molecule has 2 saturated heterocycles. The second kappa shape index (κ2) is 7.95. The number of carbonyl (C=O) groups excluding carboxylic acids is 2. The lowest BCUT2D eigenvalue weighted by Gasteiger charge is -2.42. The molecule has 7 nitrogen and oxygen atoms in total. The highest BCUT2D eigenvalue weighted by Crippen LogP contribution is 2.45. The van der Waals surface area contributed by atoms with Gasteiger partial charge in [-0.2, -0.15) is 0 Å². The van der Waals surface area contributed by atoms with E-state index in [0.717, 1.165) is 27.7 Å². The van der Waals surface area contributed by atoms with Gasteiger partial charge in [0.2, 0.25) is 0 Å². The molecule has 1 atom stereocenters. The van der Waals surface area contributed by atoms with Gasteiger partial charge < -0.3 is 19.9 Å². The second-order valence-electron chi connectivity index (χ2n) is 8.70. The Morgan fingerprint density at radius 1 is 0.941 bits per heavy atom. The van der Waals surface area contributed by atoms with Crippen LogP contribution in [0.5, 0.6) is 0 Å². The summed E-state index contributed by atoms with van der Waals surface area (Å²) in [5, 5.41) is 4.10. The van der Waals surface area contributed by atoms with E-state index in [1.165, 1.54) is 0 Å². The zero-order valence-electron chi connectivity index (χ0n) is 18.5. The quantitative estimate of drug-likeness (QED) is 0.470. The molecule has 2 fully saturated rings. The molecule has 2 N–H and O–H groups in total. The summed E-state index contributed by atoms with van der Waals surface area (Å²) in [5.41, 5.74) is 2.47. The fourth-order valence-electron chi connectivity index (χ4n) is 5.17. The van der Waals surface area contributed by atoms with E-state index in [2.05, 4.69) is 10.3 Å². The van der Waals surface area contributed by atoms with E-state index >= 15 is 0 Å². The Morgan fingerprint density at radius 2 is 1.65 bits per heavy atom. The van der Waals surface area contributed by atoms with Gasteiger partial charge >= 0.3 is 12.1 Å². The van der Waals surface area contributed by atoms with Crippen LogP contribution in [-0.4, -0.2) is 52.6 Å². The van der Waals surface area contributed by atoms with Gasteiger partial charge in [0, 0.05) is 48.2 Å². The molecule has 6 rings (SSSR count). The van der Waals surface area contributed by atoms with Crippen molar-refractivity contribution in [3.05, 3.63) is 102 Å². The lowest BCUT2D eigenvalue weighted by atomic mass is 9.79. The summed E-state index contributed by atoms with van der Waals surface area (Å²) in [7, 11) is 0. The Balaban J connectivity index is 1.33. The lowest BCUT2D eigenvalue weighted by molar-refractivity contribution is 0.0525. The fraction of sp³-hybridized carbons (Fsp3) is 0.185. The average molecular weight is 453 g/mol. The molecule has 1 unspecified atom stereocenters. The van der Waals surface area contributed by atoms with Crippen molar-refractivity contribution >= 4 is 28.7 Å². The van der Waals surface area contributed by atoms with Gasteiger partial charge in [0.05, 0.1) is 0 Å². The number of H-pyrrole nitrogens is 1. The van der Waals surface area contributed by atoms with Crippen LogP contribution in [-0.2, 0) is 10.3 Å². The SMILES string of the molecule is O=C(Nc1ccc2cc[nH]c2c1)N1CCN2C(=O)OC(c3ccccc3)(c3ccccc3)C2C1. The van der Waals surface area contributed by atoms with Crippen LogP contribution in [0.25, 0.3) is 10.9 Å². The number of carbonyl (C=O) groups is 2. The molecule has 0 aliphatic carbocycles. The summed E-state index contributed by atoms with van der Waals surface area (Å²) >= 11 is 0. The molecule has 0 saturated carbocycles. The largest absolute Gasteiger partial charge is 0.431 e. The van der Waals surface area contributed by atoms with Crippen molar-refractivity contribution < 1.29 is 14.3 Å². The van der Waals surface area contributed by atoms with E-state index in [0.29, 0.717) is 19.6 Å². The van der Waals surface area contributed by atoms with Crippen LogP contribution < -0.4 is 5.32 Å². The van der Waals surface area contributed by atoms with Crippen molar-refractivity contribution in [3.63, 3.8) is 0 Å². The van der Waals surface area contributed by atoms with Crippen molar-refractivity contribution in [2.24, 2.45) is 0 Å². The smallest absolute Gasteiger partial charge is 0.411 e. The average Bonchev–Trinajstić information content (AvgIpc) is 3.47. The first-order chi connectivity index (χ1) is 16.6. The number of hydrogen-bond donors (Lipinski definition) is 2. The molecule has 2 aliphatic rings. The van der Waals surface area contributed by atoms with Gasteiger partial charge in [-0.25, -0.2) is 9.59 Å². The van der Waals surface area contributed by atoms with Crippen molar-refractivity contribution in [1.82, 2.24) is 14.8 Å². The number of anilines is 1. The van der Waals surface area contributed by atoms with Gasteiger partial charge in [0.1, 0.15) is 6.04 Å². The standard InChI is InChI=1S/C27H24N4O3/c32-25(29-22-12-11-19-13-14-28-23(19)17-22)30-15-16-31-24(18-30)27(34-26(31)33,20-7-3-1-4-8-20)21-9-5-2-6-10-21/h1-14,17,24,28H,15-16,18H2,(H,29,32). The van der Waals surface area contributed by atoms with Crippen LogP contribution in [0.3, 0.4) is 0 Å². The molecule has 0 bridgehead atoms. The molecule has 2 aliphatic heterocycles. The van der Waals surface area contributed by atoms with Gasteiger partial charge in [-0.3, -0.25) is 4.90 Å². The Hall–Kier alpha value is -4.26. The topological polar surface area (TPSA) is 77.7 Å². The molecule has 170 valence electrons. The van der Waals surface area contributed by atoms with Crippen LogP contribution in [0.4, 0.5) is 15.3 Å². The summed E-state index contributed by atoms with van der Waals surface area (Å²) in [6.07, 6.45) is 1.52. The van der Waals surface area contributed by atoms with Crippen LogP contribution in [0.2, 0.25) is 0 Å². The highest BCUT2D eigenvalue weighted by molar-refractivity contribution is 5.93. The molecular weight excluding hydrogens is 428 g/mol. The fourth-order valence-corrected chi connectivity index (χ4v) is 5.17. The number of aromatic amines is 1. The summed E-state index contributed by atoms with van der Waals surface area (Å²) in [6.45, 7) is 1.20. The Kier molecular flexibility index (Phi) is 4.76. The van der Waals surface area contributed by atoms with E-state index in [1.807, 2.05) is 91.1 Å². The number of cyclic esters (lactones) is 1. The second-order valence-corrected chi connectivity index (χ2v) is 8.70. The first kappa shape index (κ1) is 20.4. The maximum Gasteiger partial charge on any atom is 0.411 e. The number of hydrogen-bond acceptors (Lipinski definition) is 3. The summed E-state index contributed by atoms with van der Waals surface area (Å²) in [6, 6.07) is 26.8. The number of fused-ring (bicyclic) bond motifs is 2. The Bertz CT molecular complexity index is 1310. The molecule has 3 heterocycles. The number of ether oxygens (including phenoxy) is 1. The number of rotatable bonds is 3. The van der Waals surface area contributed by atoms with Crippen molar-refractivity contribution in [2.45, 2.75) is 11.6 Å². The van der Waals surface area contributed by atoms with Crippen LogP contribution in [0.1, 0.15) is 11.1 Å². The van der Waals surface area contributed by atoms with Crippen molar-refractivity contribution in [2.75, 3.05) is 25.0 Å². The van der Waals surface area contributed by atoms with E-state index in [9.17, 15) is 9.59 Å². The maximum atomic E-state index is 13.3. The monoisotopic (exact) mass is 452 g/mol. The van der Waals surface area contributed by atoms with Gasteiger partial charge in [-0.05, 0) is 23.6 Å². The minimum Gasteiger partial charge on any atom is -0.431 e.